The molecule has 1 aromatic heterocycles. The minimum atomic E-state index is -4.54. The van der Waals surface area contributed by atoms with Crippen LogP contribution >= 0.6 is 0 Å². The summed E-state index contributed by atoms with van der Waals surface area (Å²) in [5, 5.41) is 0. The Bertz CT molecular complexity index is 348. The Morgan fingerprint density at radius 2 is 2.13 bits per heavy atom. The maximum atomic E-state index is 11.7. The molecule has 0 saturated heterocycles. The van der Waals surface area contributed by atoms with Gasteiger partial charge in [-0.05, 0) is 12.1 Å². The monoisotopic (exact) mass is 220 g/mol. The highest BCUT2D eigenvalue weighted by Gasteiger charge is 2.29. The Hall–Kier alpha value is -1.79. The molecule has 7 heteroatoms. The lowest BCUT2D eigenvalue weighted by molar-refractivity contribution is -0.161. The third-order valence-corrected chi connectivity index (χ3v) is 1.36. The minimum absolute atomic E-state index is 0.214. The SMILES string of the molecule is Nc1ccc(C(=O)OCC(F)(F)F)nc1. The number of anilines is 1. The summed E-state index contributed by atoms with van der Waals surface area (Å²) in [5.41, 5.74) is 5.37. The van der Waals surface area contributed by atoms with E-state index in [2.05, 4.69) is 9.72 Å². The van der Waals surface area contributed by atoms with Gasteiger partial charge in [0.2, 0.25) is 0 Å². The Labute approximate surface area is 82.9 Å². The van der Waals surface area contributed by atoms with E-state index in [-0.39, 0.29) is 5.69 Å². The maximum Gasteiger partial charge on any atom is 0.422 e. The molecule has 1 heterocycles. The summed E-state index contributed by atoms with van der Waals surface area (Å²) < 4.78 is 39.0. The van der Waals surface area contributed by atoms with Gasteiger partial charge in [-0.3, -0.25) is 0 Å². The third kappa shape index (κ3) is 3.84. The van der Waals surface area contributed by atoms with E-state index in [0.717, 1.165) is 6.20 Å². The van der Waals surface area contributed by atoms with Gasteiger partial charge in [0.25, 0.3) is 0 Å². The number of aromatic nitrogens is 1. The van der Waals surface area contributed by atoms with Gasteiger partial charge in [-0.1, -0.05) is 0 Å². The molecule has 1 aromatic rings. The van der Waals surface area contributed by atoms with Gasteiger partial charge in [0, 0.05) is 0 Å². The molecule has 4 nitrogen and oxygen atoms in total. The molecule has 0 radical (unpaired) electrons. The smallest absolute Gasteiger partial charge is 0.422 e. The van der Waals surface area contributed by atoms with Crippen molar-refractivity contribution >= 4 is 11.7 Å². The molecule has 0 saturated carbocycles. The number of carbonyl (C=O) groups excluding carboxylic acids is 1. The van der Waals surface area contributed by atoms with Crippen molar-refractivity contribution in [2.75, 3.05) is 12.3 Å². The molecule has 0 aliphatic rings. The predicted molar refractivity (Wildman–Crippen MR) is 45.0 cm³/mol. The van der Waals surface area contributed by atoms with Gasteiger partial charge in [0.05, 0.1) is 11.9 Å². The lowest BCUT2D eigenvalue weighted by atomic mass is 10.3. The van der Waals surface area contributed by atoms with Crippen molar-refractivity contribution in [3.8, 4) is 0 Å². The number of rotatable bonds is 2. The molecule has 0 bridgehead atoms. The fraction of sp³-hybridized carbons (Fsp3) is 0.250. The Morgan fingerprint density at radius 3 is 2.60 bits per heavy atom. The van der Waals surface area contributed by atoms with Crippen LogP contribution in [-0.4, -0.2) is 23.7 Å². The number of nitrogens with two attached hydrogens (primary N) is 1. The Kier molecular flexibility index (Phi) is 3.13. The molecular formula is C8H7F3N2O2. The highest BCUT2D eigenvalue weighted by molar-refractivity contribution is 5.87. The van der Waals surface area contributed by atoms with Crippen LogP contribution in [-0.2, 0) is 4.74 Å². The highest BCUT2D eigenvalue weighted by Crippen LogP contribution is 2.15. The topological polar surface area (TPSA) is 65.2 Å². The van der Waals surface area contributed by atoms with Gasteiger partial charge in [0.15, 0.2) is 6.61 Å². The maximum absolute atomic E-state index is 11.7. The van der Waals surface area contributed by atoms with E-state index in [1.807, 2.05) is 0 Å². The first-order chi connectivity index (χ1) is 6.88. The van der Waals surface area contributed by atoms with Crippen LogP contribution in [0.1, 0.15) is 10.5 Å². The van der Waals surface area contributed by atoms with Crippen molar-refractivity contribution < 1.29 is 22.7 Å². The van der Waals surface area contributed by atoms with Crippen molar-refractivity contribution in [3.63, 3.8) is 0 Å². The molecular weight excluding hydrogens is 213 g/mol. The standard InChI is InChI=1S/C8H7F3N2O2/c9-8(10,11)4-15-7(14)6-2-1-5(12)3-13-6/h1-3H,4,12H2. The molecule has 0 aliphatic carbocycles. The van der Waals surface area contributed by atoms with E-state index in [0.29, 0.717) is 5.69 Å². The van der Waals surface area contributed by atoms with E-state index in [4.69, 9.17) is 5.73 Å². The lowest BCUT2D eigenvalue weighted by Gasteiger charge is -2.06. The van der Waals surface area contributed by atoms with Gasteiger partial charge in [-0.25, -0.2) is 9.78 Å². The Morgan fingerprint density at radius 1 is 1.47 bits per heavy atom. The second-order valence-corrected chi connectivity index (χ2v) is 2.67. The van der Waals surface area contributed by atoms with Gasteiger partial charge >= 0.3 is 12.1 Å². The van der Waals surface area contributed by atoms with E-state index in [9.17, 15) is 18.0 Å². The zero-order valence-electron chi connectivity index (χ0n) is 7.41. The number of pyridine rings is 1. The first kappa shape index (κ1) is 11.3. The summed E-state index contributed by atoms with van der Waals surface area (Å²) in [6.45, 7) is -1.63. The molecule has 0 atom stereocenters. The van der Waals surface area contributed by atoms with Crippen molar-refractivity contribution in [1.29, 1.82) is 0 Å². The van der Waals surface area contributed by atoms with Crippen LogP contribution in [0.2, 0.25) is 0 Å². The summed E-state index contributed by atoms with van der Waals surface area (Å²) >= 11 is 0. The van der Waals surface area contributed by atoms with Crippen molar-refractivity contribution in [3.05, 3.63) is 24.0 Å². The number of alkyl halides is 3. The van der Waals surface area contributed by atoms with Crippen LogP contribution in [0.5, 0.6) is 0 Å². The van der Waals surface area contributed by atoms with Crippen molar-refractivity contribution in [2.45, 2.75) is 6.18 Å². The van der Waals surface area contributed by atoms with Crippen molar-refractivity contribution in [2.24, 2.45) is 0 Å². The molecule has 0 unspecified atom stereocenters. The molecule has 82 valence electrons. The number of esters is 1. The lowest BCUT2D eigenvalue weighted by Crippen LogP contribution is -2.20. The summed E-state index contributed by atoms with van der Waals surface area (Å²) in [7, 11) is 0. The van der Waals surface area contributed by atoms with Crippen LogP contribution < -0.4 is 5.73 Å². The molecule has 0 fully saturated rings. The molecule has 0 amide bonds. The van der Waals surface area contributed by atoms with Crippen LogP contribution in [0.25, 0.3) is 0 Å². The highest BCUT2D eigenvalue weighted by atomic mass is 19.4. The van der Waals surface area contributed by atoms with Gasteiger partial charge < -0.3 is 10.5 Å². The normalized spacial score (nSPS) is 11.1. The number of nitrogen functional groups attached to an aromatic ring is 1. The number of hydrogen-bond donors (Lipinski definition) is 1. The summed E-state index contributed by atoms with van der Waals surface area (Å²) in [4.78, 5) is 14.5. The molecule has 15 heavy (non-hydrogen) atoms. The number of carbonyl (C=O) groups is 1. The van der Waals surface area contributed by atoms with Gasteiger partial charge in [-0.15, -0.1) is 0 Å². The number of halogens is 3. The zero-order valence-corrected chi connectivity index (χ0v) is 7.41. The van der Waals surface area contributed by atoms with Gasteiger partial charge in [0.1, 0.15) is 5.69 Å². The quantitative estimate of drug-likeness (QED) is 0.764. The van der Waals surface area contributed by atoms with E-state index < -0.39 is 18.8 Å². The van der Waals surface area contributed by atoms with E-state index >= 15 is 0 Å². The molecule has 2 N–H and O–H groups in total. The number of ether oxygens (including phenoxy) is 1. The fourth-order valence-corrected chi connectivity index (χ4v) is 0.747. The van der Waals surface area contributed by atoms with E-state index in [1.54, 1.807) is 0 Å². The first-order valence-electron chi connectivity index (χ1n) is 3.84. The summed E-state index contributed by atoms with van der Waals surface area (Å²) in [5.74, 6) is -1.13. The third-order valence-electron chi connectivity index (χ3n) is 1.36. The summed E-state index contributed by atoms with van der Waals surface area (Å²) in [6.07, 6.45) is -3.38. The molecule has 1 rings (SSSR count). The Balaban J connectivity index is 2.58. The zero-order chi connectivity index (χ0) is 11.5. The average Bonchev–Trinajstić information content (AvgIpc) is 2.14. The molecule has 0 aliphatic heterocycles. The first-order valence-corrected chi connectivity index (χ1v) is 3.84. The number of hydrogen-bond acceptors (Lipinski definition) is 4. The molecule has 0 aromatic carbocycles. The average molecular weight is 220 g/mol. The van der Waals surface area contributed by atoms with Crippen LogP contribution in [0.3, 0.4) is 0 Å². The second kappa shape index (κ2) is 4.16. The minimum Gasteiger partial charge on any atom is -0.451 e. The van der Waals surface area contributed by atoms with Crippen LogP contribution in [0.4, 0.5) is 18.9 Å². The predicted octanol–water partition coefficient (Wildman–Crippen LogP) is 1.38. The fourth-order valence-electron chi connectivity index (χ4n) is 0.747. The molecule has 0 spiro atoms. The second-order valence-electron chi connectivity index (χ2n) is 2.67. The van der Waals surface area contributed by atoms with Crippen LogP contribution in [0.15, 0.2) is 18.3 Å². The summed E-state index contributed by atoms with van der Waals surface area (Å²) in [6, 6.07) is 2.53. The largest absolute Gasteiger partial charge is 0.451 e. The van der Waals surface area contributed by atoms with Crippen LogP contribution in [0, 0.1) is 0 Å². The van der Waals surface area contributed by atoms with Crippen molar-refractivity contribution in [1.82, 2.24) is 4.98 Å². The number of nitrogens with zero attached hydrogens (tertiary/aromatic N) is 1. The van der Waals surface area contributed by atoms with Gasteiger partial charge in [-0.2, -0.15) is 13.2 Å². The van der Waals surface area contributed by atoms with E-state index in [1.165, 1.54) is 12.1 Å².